The molecule has 7 heteroatoms. The van der Waals surface area contributed by atoms with Crippen LogP contribution in [0.15, 0.2) is 24.3 Å². The van der Waals surface area contributed by atoms with Crippen LogP contribution in [0.4, 0.5) is 13.2 Å². The van der Waals surface area contributed by atoms with Crippen molar-refractivity contribution in [3.8, 4) is 0 Å². The number of nitrogens with one attached hydrogen (secondary N) is 1. The first-order valence-corrected chi connectivity index (χ1v) is 11.0. The Morgan fingerprint density at radius 3 is 2.53 bits per heavy atom. The first-order chi connectivity index (χ1) is 14.3. The van der Waals surface area contributed by atoms with Crippen LogP contribution in [0.25, 0.3) is 0 Å². The Kier molecular flexibility index (Phi) is 7.42. The Hall–Kier alpha value is -2.05. The van der Waals surface area contributed by atoms with Gasteiger partial charge in [0.1, 0.15) is 0 Å². The molecule has 1 saturated heterocycles. The molecule has 3 rings (SSSR count). The molecule has 1 aliphatic heterocycles. The number of alkyl halides is 3. The van der Waals surface area contributed by atoms with Gasteiger partial charge in [0.15, 0.2) is 0 Å². The number of amides is 2. The molecule has 0 aromatic heterocycles. The fourth-order valence-electron chi connectivity index (χ4n) is 4.29. The van der Waals surface area contributed by atoms with Gasteiger partial charge in [0.05, 0.1) is 11.5 Å². The molecule has 1 N–H and O–H groups in total. The molecule has 1 aliphatic carbocycles. The summed E-state index contributed by atoms with van der Waals surface area (Å²) >= 11 is 0. The Morgan fingerprint density at radius 1 is 1.13 bits per heavy atom. The smallest absolute Gasteiger partial charge is 0.356 e. The number of unbranched alkanes of at least 4 members (excludes halogenated alkanes) is 3. The Bertz CT molecular complexity index is 733. The number of halogens is 3. The molecule has 30 heavy (non-hydrogen) atoms. The number of benzene rings is 1. The van der Waals surface area contributed by atoms with Crippen molar-refractivity contribution in [1.29, 1.82) is 0 Å². The minimum Gasteiger partial charge on any atom is -0.356 e. The summed E-state index contributed by atoms with van der Waals surface area (Å²) in [4.78, 5) is 27.1. The second-order valence-corrected chi connectivity index (χ2v) is 8.54. The maximum Gasteiger partial charge on any atom is 0.416 e. The van der Waals surface area contributed by atoms with Crippen LogP contribution in [-0.4, -0.2) is 36.3 Å². The maximum absolute atomic E-state index is 12.9. The molecular weight excluding hydrogens is 393 g/mol. The standard InChI is InChI=1S/C23H31F3N2O2/c1-2-3-4-5-12-27-21(29)17-7-6-13-28(15-17)22(30)20-14-19(20)16-8-10-18(11-9-16)23(24,25)26/h8-11,17,19-20H,2-7,12-15H2,1H3,(H,27,29). The van der Waals surface area contributed by atoms with Crippen molar-refractivity contribution in [3.05, 3.63) is 35.4 Å². The largest absolute Gasteiger partial charge is 0.416 e. The van der Waals surface area contributed by atoms with E-state index < -0.39 is 11.7 Å². The van der Waals surface area contributed by atoms with Gasteiger partial charge in [-0.25, -0.2) is 0 Å². The van der Waals surface area contributed by atoms with Gasteiger partial charge in [-0.2, -0.15) is 13.2 Å². The monoisotopic (exact) mass is 424 g/mol. The third-order valence-corrected chi connectivity index (χ3v) is 6.21. The molecular formula is C23H31F3N2O2. The number of hydrogen-bond acceptors (Lipinski definition) is 2. The van der Waals surface area contributed by atoms with E-state index in [0.717, 1.165) is 49.8 Å². The molecule has 0 bridgehead atoms. The van der Waals surface area contributed by atoms with Gasteiger partial charge in [-0.1, -0.05) is 38.3 Å². The number of likely N-dealkylation sites (tertiary alicyclic amines) is 1. The molecule has 4 nitrogen and oxygen atoms in total. The molecule has 0 radical (unpaired) electrons. The van der Waals surface area contributed by atoms with Crippen molar-refractivity contribution in [2.75, 3.05) is 19.6 Å². The molecule has 2 fully saturated rings. The van der Waals surface area contributed by atoms with Crippen LogP contribution in [0.1, 0.15) is 68.9 Å². The van der Waals surface area contributed by atoms with Crippen molar-refractivity contribution >= 4 is 11.8 Å². The van der Waals surface area contributed by atoms with Crippen molar-refractivity contribution in [2.24, 2.45) is 11.8 Å². The molecule has 166 valence electrons. The molecule has 3 atom stereocenters. The van der Waals surface area contributed by atoms with Gasteiger partial charge < -0.3 is 10.2 Å². The highest BCUT2D eigenvalue weighted by molar-refractivity contribution is 5.85. The van der Waals surface area contributed by atoms with Gasteiger partial charge in [-0.15, -0.1) is 0 Å². The lowest BCUT2D eigenvalue weighted by Gasteiger charge is -2.32. The first kappa shape index (κ1) is 22.6. The van der Waals surface area contributed by atoms with Crippen molar-refractivity contribution in [2.45, 2.75) is 64.0 Å². The zero-order chi connectivity index (χ0) is 21.7. The van der Waals surface area contributed by atoms with E-state index in [9.17, 15) is 22.8 Å². The number of piperidine rings is 1. The molecule has 1 aromatic rings. The van der Waals surface area contributed by atoms with Crippen LogP contribution in [0.3, 0.4) is 0 Å². The lowest BCUT2D eigenvalue weighted by Crippen LogP contribution is -2.46. The molecule has 0 spiro atoms. The second kappa shape index (κ2) is 9.84. The van der Waals surface area contributed by atoms with E-state index in [-0.39, 0.29) is 29.6 Å². The van der Waals surface area contributed by atoms with Crippen LogP contribution < -0.4 is 5.32 Å². The Labute approximate surface area is 176 Å². The van der Waals surface area contributed by atoms with E-state index >= 15 is 0 Å². The topological polar surface area (TPSA) is 49.4 Å². The van der Waals surface area contributed by atoms with Gasteiger partial charge in [-0.3, -0.25) is 9.59 Å². The van der Waals surface area contributed by atoms with Gasteiger partial charge >= 0.3 is 6.18 Å². The van der Waals surface area contributed by atoms with E-state index in [2.05, 4.69) is 12.2 Å². The fourth-order valence-corrected chi connectivity index (χ4v) is 4.29. The van der Waals surface area contributed by atoms with E-state index in [4.69, 9.17) is 0 Å². The maximum atomic E-state index is 12.9. The fraction of sp³-hybridized carbons (Fsp3) is 0.652. The number of nitrogens with zero attached hydrogens (tertiary/aromatic N) is 1. The first-order valence-electron chi connectivity index (χ1n) is 11.0. The molecule has 1 aromatic carbocycles. The van der Waals surface area contributed by atoms with Crippen LogP contribution in [0.5, 0.6) is 0 Å². The normalized spacial score (nSPS) is 23.9. The summed E-state index contributed by atoms with van der Waals surface area (Å²) in [5, 5.41) is 3.00. The van der Waals surface area contributed by atoms with Crippen LogP contribution >= 0.6 is 0 Å². The van der Waals surface area contributed by atoms with E-state index in [0.29, 0.717) is 26.1 Å². The van der Waals surface area contributed by atoms with Gasteiger partial charge in [0.25, 0.3) is 0 Å². The highest BCUT2D eigenvalue weighted by Crippen LogP contribution is 2.49. The lowest BCUT2D eigenvalue weighted by atomic mass is 9.96. The molecule has 3 unspecified atom stereocenters. The van der Waals surface area contributed by atoms with Crippen LogP contribution in [0, 0.1) is 11.8 Å². The Morgan fingerprint density at radius 2 is 1.87 bits per heavy atom. The minimum absolute atomic E-state index is 0.0208. The highest BCUT2D eigenvalue weighted by Gasteiger charge is 2.46. The summed E-state index contributed by atoms with van der Waals surface area (Å²) in [6, 6.07) is 5.12. The molecule has 2 aliphatic rings. The van der Waals surface area contributed by atoms with Gasteiger partial charge in [-0.05, 0) is 49.3 Å². The summed E-state index contributed by atoms with van der Waals surface area (Å²) in [6.45, 7) is 3.92. The molecule has 1 heterocycles. The van der Waals surface area contributed by atoms with E-state index in [1.807, 2.05) is 0 Å². The third kappa shape index (κ3) is 5.76. The van der Waals surface area contributed by atoms with Crippen LogP contribution in [0.2, 0.25) is 0 Å². The lowest BCUT2D eigenvalue weighted by molar-refractivity contribution is -0.138. The zero-order valence-electron chi connectivity index (χ0n) is 17.5. The van der Waals surface area contributed by atoms with Crippen molar-refractivity contribution in [1.82, 2.24) is 10.2 Å². The second-order valence-electron chi connectivity index (χ2n) is 8.54. The average Bonchev–Trinajstić information content (AvgIpc) is 3.53. The summed E-state index contributed by atoms with van der Waals surface area (Å²) in [7, 11) is 0. The summed E-state index contributed by atoms with van der Waals surface area (Å²) in [6.07, 6.45) is 2.32. The van der Waals surface area contributed by atoms with Crippen molar-refractivity contribution < 1.29 is 22.8 Å². The zero-order valence-corrected chi connectivity index (χ0v) is 17.5. The molecule has 2 amide bonds. The number of carbonyl (C=O) groups is 2. The summed E-state index contributed by atoms with van der Waals surface area (Å²) < 4.78 is 38.2. The van der Waals surface area contributed by atoms with E-state index in [1.54, 1.807) is 4.90 Å². The third-order valence-electron chi connectivity index (χ3n) is 6.21. The number of carbonyl (C=O) groups excluding carboxylic acids is 2. The predicted molar refractivity (Wildman–Crippen MR) is 109 cm³/mol. The predicted octanol–water partition coefficient (Wildman–Crippen LogP) is 4.74. The number of rotatable bonds is 8. The van der Waals surface area contributed by atoms with Gasteiger partial charge in [0.2, 0.25) is 11.8 Å². The van der Waals surface area contributed by atoms with E-state index in [1.165, 1.54) is 18.6 Å². The van der Waals surface area contributed by atoms with Gasteiger partial charge in [0, 0.05) is 25.6 Å². The SMILES string of the molecule is CCCCCCNC(=O)C1CCCN(C(=O)C2CC2c2ccc(C(F)(F)F)cc2)C1. The summed E-state index contributed by atoms with van der Waals surface area (Å²) in [5.41, 5.74) is 0.106. The molecule has 1 saturated carbocycles. The number of hydrogen-bond donors (Lipinski definition) is 1. The average molecular weight is 425 g/mol. The Balaban J connectivity index is 1.48. The van der Waals surface area contributed by atoms with Crippen molar-refractivity contribution in [3.63, 3.8) is 0 Å². The summed E-state index contributed by atoms with van der Waals surface area (Å²) in [5.74, 6) is -0.318. The quantitative estimate of drug-likeness (QED) is 0.613. The van der Waals surface area contributed by atoms with Crippen LogP contribution in [-0.2, 0) is 15.8 Å². The minimum atomic E-state index is -4.35. The highest BCUT2D eigenvalue weighted by atomic mass is 19.4.